The van der Waals surface area contributed by atoms with Crippen LogP contribution in [0.15, 0.2) is 18.2 Å². The van der Waals surface area contributed by atoms with Gasteiger partial charge in [-0.1, -0.05) is 6.07 Å². The number of hydrogen-bond donors (Lipinski definition) is 1. The normalized spacial score (nSPS) is 17.9. The van der Waals surface area contributed by atoms with E-state index in [1.54, 1.807) is 25.8 Å². The predicted octanol–water partition coefficient (Wildman–Crippen LogP) is 1.85. The zero-order valence-electron chi connectivity index (χ0n) is 17.2. The molecular formula is C20H27N3O5S. The first-order chi connectivity index (χ1) is 13.8. The van der Waals surface area contributed by atoms with Crippen molar-refractivity contribution in [3.63, 3.8) is 0 Å². The van der Waals surface area contributed by atoms with Crippen LogP contribution in [0, 0.1) is 13.8 Å². The number of carbonyl (C=O) groups is 1. The first-order valence-electron chi connectivity index (χ1n) is 9.51. The van der Waals surface area contributed by atoms with Gasteiger partial charge in [0.25, 0.3) is 5.91 Å². The highest BCUT2D eigenvalue weighted by atomic mass is 32.2. The topological polar surface area (TPSA) is 99.5 Å². The molecule has 1 aliphatic rings. The van der Waals surface area contributed by atoms with E-state index in [9.17, 15) is 13.2 Å². The van der Waals surface area contributed by atoms with Crippen molar-refractivity contribution in [3.8, 4) is 11.5 Å². The van der Waals surface area contributed by atoms with Gasteiger partial charge >= 0.3 is 0 Å². The maximum absolute atomic E-state index is 12.7. The van der Waals surface area contributed by atoms with E-state index in [2.05, 4.69) is 10.4 Å². The summed E-state index contributed by atoms with van der Waals surface area (Å²) < 4.78 is 35.8. The van der Waals surface area contributed by atoms with Crippen molar-refractivity contribution in [2.24, 2.45) is 0 Å². The van der Waals surface area contributed by atoms with E-state index in [-0.39, 0.29) is 23.5 Å². The van der Waals surface area contributed by atoms with Gasteiger partial charge in [0.05, 0.1) is 43.0 Å². The van der Waals surface area contributed by atoms with E-state index in [0.29, 0.717) is 47.8 Å². The number of nitrogens with zero attached hydrogens (tertiary/aromatic N) is 2. The number of aryl methyl sites for hydroxylation is 1. The third kappa shape index (κ3) is 4.55. The van der Waals surface area contributed by atoms with Crippen molar-refractivity contribution in [2.75, 3.05) is 32.3 Å². The van der Waals surface area contributed by atoms with E-state index in [4.69, 9.17) is 9.47 Å². The Hall–Kier alpha value is -2.55. The Morgan fingerprint density at radius 2 is 1.97 bits per heavy atom. The van der Waals surface area contributed by atoms with Crippen LogP contribution in [0.4, 0.5) is 0 Å². The summed E-state index contributed by atoms with van der Waals surface area (Å²) in [6, 6.07) is 5.46. The molecule has 1 unspecified atom stereocenters. The van der Waals surface area contributed by atoms with Crippen LogP contribution in [0.25, 0.3) is 0 Å². The van der Waals surface area contributed by atoms with Crippen LogP contribution < -0.4 is 14.8 Å². The van der Waals surface area contributed by atoms with E-state index < -0.39 is 9.84 Å². The molecule has 0 spiro atoms. The summed E-state index contributed by atoms with van der Waals surface area (Å²) in [6.45, 7) is 4.04. The number of carbonyl (C=O) groups excluding carboxylic acids is 1. The van der Waals surface area contributed by atoms with Gasteiger partial charge in [-0.05, 0) is 44.4 Å². The molecule has 1 aromatic heterocycles. The molecule has 0 radical (unpaired) electrons. The van der Waals surface area contributed by atoms with E-state index >= 15 is 0 Å². The van der Waals surface area contributed by atoms with Crippen LogP contribution in [-0.4, -0.2) is 56.4 Å². The van der Waals surface area contributed by atoms with Gasteiger partial charge in [0.15, 0.2) is 21.3 Å². The second-order valence-electron chi connectivity index (χ2n) is 7.24. The van der Waals surface area contributed by atoms with E-state index in [1.807, 2.05) is 25.1 Å². The second-order valence-corrected chi connectivity index (χ2v) is 9.47. The van der Waals surface area contributed by atoms with Crippen LogP contribution in [0.5, 0.6) is 11.5 Å². The first kappa shape index (κ1) is 21.2. The van der Waals surface area contributed by atoms with E-state index in [1.165, 1.54) is 0 Å². The Kier molecular flexibility index (Phi) is 6.16. The molecule has 1 amide bonds. The largest absolute Gasteiger partial charge is 0.493 e. The van der Waals surface area contributed by atoms with Gasteiger partial charge in [-0.25, -0.2) is 8.42 Å². The predicted molar refractivity (Wildman–Crippen MR) is 110 cm³/mol. The van der Waals surface area contributed by atoms with Crippen LogP contribution in [0.1, 0.15) is 39.8 Å². The Bertz CT molecular complexity index is 1010. The fourth-order valence-corrected chi connectivity index (χ4v) is 5.45. The maximum Gasteiger partial charge on any atom is 0.255 e. The second kappa shape index (κ2) is 8.44. The smallest absolute Gasteiger partial charge is 0.255 e. The summed E-state index contributed by atoms with van der Waals surface area (Å²) in [6.07, 6.45) is 1.17. The minimum absolute atomic E-state index is 0.0787. The summed E-state index contributed by atoms with van der Waals surface area (Å²) in [5.41, 5.74) is 2.84. The molecule has 0 aliphatic carbocycles. The first-order valence-corrected chi connectivity index (χ1v) is 11.3. The van der Waals surface area contributed by atoms with Gasteiger partial charge in [0.1, 0.15) is 0 Å². The lowest BCUT2D eigenvalue weighted by atomic mass is 10.1. The van der Waals surface area contributed by atoms with Crippen LogP contribution in [0.3, 0.4) is 0 Å². The summed E-state index contributed by atoms with van der Waals surface area (Å²) in [5, 5.41) is 7.38. The lowest BCUT2D eigenvalue weighted by Crippen LogP contribution is -2.27. The summed E-state index contributed by atoms with van der Waals surface area (Å²) in [7, 11) is 0.152. The Morgan fingerprint density at radius 1 is 1.24 bits per heavy atom. The zero-order valence-corrected chi connectivity index (χ0v) is 18.0. The third-order valence-corrected chi connectivity index (χ3v) is 7.00. The number of aromatic nitrogens is 2. The van der Waals surface area contributed by atoms with Crippen molar-refractivity contribution in [2.45, 2.75) is 32.7 Å². The molecule has 1 atom stereocenters. The number of rotatable bonds is 7. The molecule has 2 heterocycles. The number of amides is 1. The average molecular weight is 422 g/mol. The van der Waals surface area contributed by atoms with Crippen molar-refractivity contribution in [3.05, 3.63) is 40.7 Å². The average Bonchev–Trinajstić information content (AvgIpc) is 3.19. The van der Waals surface area contributed by atoms with Crippen molar-refractivity contribution in [1.29, 1.82) is 0 Å². The van der Waals surface area contributed by atoms with Gasteiger partial charge < -0.3 is 14.8 Å². The van der Waals surface area contributed by atoms with Crippen LogP contribution >= 0.6 is 0 Å². The molecule has 1 aliphatic heterocycles. The van der Waals surface area contributed by atoms with Gasteiger partial charge in [0, 0.05) is 12.2 Å². The van der Waals surface area contributed by atoms with Crippen molar-refractivity contribution in [1.82, 2.24) is 15.1 Å². The van der Waals surface area contributed by atoms with Crippen molar-refractivity contribution >= 4 is 15.7 Å². The Morgan fingerprint density at radius 3 is 2.59 bits per heavy atom. The highest BCUT2D eigenvalue weighted by Crippen LogP contribution is 2.28. The molecule has 9 heteroatoms. The molecule has 1 aromatic carbocycles. The SMILES string of the molecule is COc1ccc(CCNC(=O)c2c(C)nn(C3CCS(=O)(=O)C3)c2C)cc1OC. The molecule has 1 fully saturated rings. The standard InChI is InChI=1S/C20H27N3O5S/c1-13-19(14(2)23(22-13)16-8-10-29(25,26)12-16)20(24)21-9-7-15-5-6-17(27-3)18(11-15)28-4/h5-6,11,16H,7-10,12H2,1-4H3,(H,21,24). The maximum atomic E-state index is 12.7. The number of methoxy groups -OCH3 is 2. The molecule has 0 saturated carbocycles. The molecular weight excluding hydrogens is 394 g/mol. The lowest BCUT2D eigenvalue weighted by molar-refractivity contribution is 0.0952. The van der Waals surface area contributed by atoms with Crippen molar-refractivity contribution < 1.29 is 22.7 Å². The number of ether oxygens (including phenoxy) is 2. The summed E-state index contributed by atoms with van der Waals surface area (Å²) >= 11 is 0. The van der Waals surface area contributed by atoms with Crippen LogP contribution in [-0.2, 0) is 16.3 Å². The summed E-state index contributed by atoms with van der Waals surface area (Å²) in [4.78, 5) is 12.7. The van der Waals surface area contributed by atoms with Gasteiger partial charge in [0.2, 0.25) is 0 Å². The molecule has 0 bridgehead atoms. The highest BCUT2D eigenvalue weighted by Gasteiger charge is 2.32. The molecule has 2 aromatic rings. The number of nitrogens with one attached hydrogen (secondary N) is 1. The Balaban J connectivity index is 1.66. The Labute approximate surface area is 171 Å². The lowest BCUT2D eigenvalue weighted by Gasteiger charge is -2.12. The zero-order chi connectivity index (χ0) is 21.2. The molecule has 1 N–H and O–H groups in total. The van der Waals surface area contributed by atoms with Gasteiger partial charge in [-0.2, -0.15) is 5.10 Å². The monoisotopic (exact) mass is 421 g/mol. The number of hydrogen-bond acceptors (Lipinski definition) is 6. The summed E-state index contributed by atoms with van der Waals surface area (Å²) in [5.74, 6) is 1.36. The third-order valence-electron chi connectivity index (χ3n) is 5.25. The van der Waals surface area contributed by atoms with E-state index in [0.717, 1.165) is 5.56 Å². The number of benzene rings is 1. The fraction of sp³-hybridized carbons (Fsp3) is 0.500. The molecule has 8 nitrogen and oxygen atoms in total. The molecule has 29 heavy (non-hydrogen) atoms. The molecule has 158 valence electrons. The minimum Gasteiger partial charge on any atom is -0.493 e. The van der Waals surface area contributed by atoms with Gasteiger partial charge in [-0.3, -0.25) is 9.48 Å². The quantitative estimate of drug-likeness (QED) is 0.732. The number of sulfone groups is 1. The minimum atomic E-state index is -3.02. The van der Waals surface area contributed by atoms with Crippen LogP contribution in [0.2, 0.25) is 0 Å². The highest BCUT2D eigenvalue weighted by molar-refractivity contribution is 7.91. The molecule has 1 saturated heterocycles. The fourth-order valence-electron chi connectivity index (χ4n) is 3.76. The van der Waals surface area contributed by atoms with Gasteiger partial charge in [-0.15, -0.1) is 0 Å². The molecule has 3 rings (SSSR count).